The van der Waals surface area contributed by atoms with E-state index in [0.29, 0.717) is 0 Å². The maximum absolute atomic E-state index is 12.8. The van der Waals surface area contributed by atoms with Gasteiger partial charge in [-0.05, 0) is 13.0 Å². The SMILES string of the molecule is Cc1cc(OC(F)(F)Br)nc(NC(=O)NS(=O)(=O)c2ccccc2[N+](=O)[O-])n1. The van der Waals surface area contributed by atoms with E-state index < -0.39 is 48.4 Å². The van der Waals surface area contributed by atoms with Crippen LogP contribution in [-0.4, -0.2) is 34.4 Å². The number of urea groups is 1. The monoisotopic (exact) mass is 481 g/mol. The first-order chi connectivity index (χ1) is 12.9. The van der Waals surface area contributed by atoms with Gasteiger partial charge in [-0.15, -0.1) is 0 Å². The number of nitro benzene ring substituents is 1. The third-order valence-corrected chi connectivity index (χ3v) is 4.40. The van der Waals surface area contributed by atoms with Gasteiger partial charge in [0, 0.05) is 33.8 Å². The van der Waals surface area contributed by atoms with Crippen LogP contribution in [0.2, 0.25) is 0 Å². The number of nitrogens with one attached hydrogen (secondary N) is 2. The van der Waals surface area contributed by atoms with Crippen molar-refractivity contribution in [3.63, 3.8) is 0 Å². The van der Waals surface area contributed by atoms with E-state index in [4.69, 9.17) is 0 Å². The summed E-state index contributed by atoms with van der Waals surface area (Å²) in [5.74, 6) is -1.15. The molecule has 2 aromatic rings. The van der Waals surface area contributed by atoms with Crippen LogP contribution in [0.3, 0.4) is 0 Å². The van der Waals surface area contributed by atoms with Crippen LogP contribution in [0, 0.1) is 17.0 Å². The van der Waals surface area contributed by atoms with E-state index in [9.17, 15) is 32.1 Å². The number of nitro groups is 1. The number of rotatable bonds is 6. The molecule has 1 aromatic heterocycles. The topological polar surface area (TPSA) is 153 Å². The van der Waals surface area contributed by atoms with Crippen molar-refractivity contribution in [1.82, 2.24) is 14.7 Å². The maximum Gasteiger partial charge on any atom is 0.460 e. The number of aromatic nitrogens is 2. The van der Waals surface area contributed by atoms with Gasteiger partial charge in [0.1, 0.15) is 0 Å². The van der Waals surface area contributed by atoms with Crippen molar-refractivity contribution in [3.05, 3.63) is 46.1 Å². The van der Waals surface area contributed by atoms with E-state index in [-0.39, 0.29) is 5.69 Å². The number of anilines is 1. The Morgan fingerprint density at radius 1 is 1.32 bits per heavy atom. The molecule has 0 unspecified atom stereocenters. The molecule has 2 amide bonds. The Bertz CT molecular complexity index is 1030. The van der Waals surface area contributed by atoms with Crippen LogP contribution >= 0.6 is 15.9 Å². The Kier molecular flexibility index (Phi) is 6.08. The van der Waals surface area contributed by atoms with E-state index in [1.54, 1.807) is 4.72 Å². The number of hydrogen-bond acceptors (Lipinski definition) is 8. The number of benzene rings is 1. The number of sulfonamides is 1. The number of halogens is 3. The van der Waals surface area contributed by atoms with Crippen molar-refractivity contribution in [3.8, 4) is 5.88 Å². The lowest BCUT2D eigenvalue weighted by Crippen LogP contribution is -2.35. The number of alkyl halides is 3. The number of aryl methyl sites for hydroxylation is 1. The van der Waals surface area contributed by atoms with Crippen molar-refractivity contribution in [2.24, 2.45) is 0 Å². The van der Waals surface area contributed by atoms with Gasteiger partial charge in [-0.1, -0.05) is 12.1 Å². The lowest BCUT2D eigenvalue weighted by molar-refractivity contribution is -0.387. The van der Waals surface area contributed by atoms with Crippen LogP contribution in [0.5, 0.6) is 5.88 Å². The summed E-state index contributed by atoms with van der Waals surface area (Å²) in [7, 11) is -4.62. The lowest BCUT2D eigenvalue weighted by atomic mass is 10.3. The summed E-state index contributed by atoms with van der Waals surface area (Å²) in [5.41, 5.74) is -0.622. The van der Waals surface area contributed by atoms with Crippen molar-refractivity contribution >= 4 is 43.6 Å². The molecule has 15 heteroatoms. The fourth-order valence-electron chi connectivity index (χ4n) is 1.91. The molecule has 2 rings (SSSR count). The highest BCUT2D eigenvalue weighted by Gasteiger charge is 2.29. The van der Waals surface area contributed by atoms with Gasteiger partial charge in [-0.3, -0.25) is 15.4 Å². The third kappa shape index (κ3) is 5.78. The molecule has 0 bridgehead atoms. The number of hydrogen-bond donors (Lipinski definition) is 2. The van der Waals surface area contributed by atoms with Crippen LogP contribution in [-0.2, 0) is 10.0 Å². The van der Waals surface area contributed by atoms with Gasteiger partial charge in [0.25, 0.3) is 15.7 Å². The number of carbonyl (C=O) groups excluding carboxylic acids is 1. The standard InChI is InChI=1S/C13H10BrF2N5O6S/c1-7-6-10(27-13(14,15)16)18-11(17-7)19-12(22)20-28(25,26)9-5-3-2-4-8(9)21(23)24/h2-6H,1H3,(H2,17,18,19,20,22). The molecule has 1 heterocycles. The minimum atomic E-state index is -4.62. The van der Waals surface area contributed by atoms with Gasteiger partial charge in [0.2, 0.25) is 11.8 Å². The van der Waals surface area contributed by atoms with Crippen molar-refractivity contribution in [2.45, 2.75) is 16.8 Å². The predicted molar refractivity (Wildman–Crippen MR) is 93.7 cm³/mol. The van der Waals surface area contributed by atoms with E-state index >= 15 is 0 Å². The average molecular weight is 482 g/mol. The number of nitrogens with zero attached hydrogens (tertiary/aromatic N) is 3. The second-order valence-electron chi connectivity index (χ2n) is 5.00. The summed E-state index contributed by atoms with van der Waals surface area (Å²) in [6.45, 7) is 1.38. The lowest BCUT2D eigenvalue weighted by Gasteiger charge is -2.12. The summed E-state index contributed by atoms with van der Waals surface area (Å²) in [5, 5.41) is 9.14. The van der Waals surface area contributed by atoms with Crippen LogP contribution in [0.25, 0.3) is 0 Å². The normalized spacial score (nSPS) is 11.6. The van der Waals surface area contributed by atoms with E-state index in [0.717, 1.165) is 18.2 Å². The van der Waals surface area contributed by atoms with Crippen LogP contribution < -0.4 is 14.8 Å². The largest absolute Gasteiger partial charge is 0.460 e. The molecule has 0 fully saturated rings. The molecule has 0 atom stereocenters. The molecule has 0 saturated heterocycles. The molecule has 150 valence electrons. The molecule has 2 N–H and O–H groups in total. The highest BCUT2D eigenvalue weighted by molar-refractivity contribution is 9.09. The molecule has 0 radical (unpaired) electrons. The van der Waals surface area contributed by atoms with Gasteiger partial charge in [-0.2, -0.15) is 13.8 Å². The molecule has 1 aromatic carbocycles. The molecule has 0 aliphatic rings. The molecular formula is C13H10BrF2N5O6S. The Hall–Kier alpha value is -2.94. The zero-order valence-corrected chi connectivity index (χ0v) is 16.1. The average Bonchev–Trinajstić information content (AvgIpc) is 2.51. The quantitative estimate of drug-likeness (QED) is 0.362. The number of ether oxygens (including phenoxy) is 1. The van der Waals surface area contributed by atoms with Gasteiger partial charge in [0.15, 0.2) is 4.90 Å². The first kappa shape index (κ1) is 21.4. The predicted octanol–water partition coefficient (Wildman–Crippen LogP) is 2.53. The fourth-order valence-corrected chi connectivity index (χ4v) is 3.15. The molecule has 11 nitrogen and oxygen atoms in total. The van der Waals surface area contributed by atoms with Gasteiger partial charge >= 0.3 is 11.0 Å². The van der Waals surface area contributed by atoms with Crippen molar-refractivity contribution in [2.75, 3.05) is 5.32 Å². The second kappa shape index (κ2) is 7.97. The minimum absolute atomic E-state index is 0.124. The van der Waals surface area contributed by atoms with Crippen molar-refractivity contribution in [1.29, 1.82) is 0 Å². The summed E-state index contributed by atoms with van der Waals surface area (Å²) >= 11 is 1.95. The Balaban J connectivity index is 2.22. The summed E-state index contributed by atoms with van der Waals surface area (Å²) in [4.78, 5) is 28.4. The molecule has 0 saturated carbocycles. The zero-order chi connectivity index (χ0) is 21.1. The molecule has 0 aliphatic carbocycles. The molecule has 0 aliphatic heterocycles. The van der Waals surface area contributed by atoms with Gasteiger partial charge in [0.05, 0.1) is 4.92 Å². The second-order valence-corrected chi connectivity index (χ2v) is 7.58. The maximum atomic E-state index is 12.8. The number of carbonyl (C=O) groups is 1. The smallest absolute Gasteiger partial charge is 0.406 e. The Morgan fingerprint density at radius 3 is 2.57 bits per heavy atom. The minimum Gasteiger partial charge on any atom is -0.406 e. The van der Waals surface area contributed by atoms with E-state index in [2.05, 4.69) is 14.7 Å². The highest BCUT2D eigenvalue weighted by atomic mass is 79.9. The summed E-state index contributed by atoms with van der Waals surface area (Å²) < 4.78 is 55.9. The fraction of sp³-hybridized carbons (Fsp3) is 0.154. The summed E-state index contributed by atoms with van der Waals surface area (Å²) in [6, 6.07) is 4.02. The molecular weight excluding hydrogens is 472 g/mol. The third-order valence-electron chi connectivity index (χ3n) is 2.85. The number of amides is 2. The highest BCUT2D eigenvalue weighted by Crippen LogP contribution is 2.26. The first-order valence-electron chi connectivity index (χ1n) is 7.06. The van der Waals surface area contributed by atoms with Crippen LogP contribution in [0.1, 0.15) is 5.69 Å². The van der Waals surface area contributed by atoms with Crippen LogP contribution in [0.4, 0.5) is 25.2 Å². The number of para-hydroxylation sites is 1. The Labute approximate surface area is 164 Å². The Morgan fingerprint density at radius 2 is 1.96 bits per heavy atom. The first-order valence-corrected chi connectivity index (χ1v) is 9.33. The van der Waals surface area contributed by atoms with Gasteiger partial charge < -0.3 is 4.74 Å². The zero-order valence-electron chi connectivity index (χ0n) is 13.7. The molecule has 0 spiro atoms. The van der Waals surface area contributed by atoms with Gasteiger partial charge in [-0.25, -0.2) is 22.9 Å². The van der Waals surface area contributed by atoms with Crippen LogP contribution in [0.15, 0.2) is 35.2 Å². The molecule has 28 heavy (non-hydrogen) atoms. The van der Waals surface area contributed by atoms with E-state index in [1.165, 1.54) is 19.1 Å². The van der Waals surface area contributed by atoms with E-state index in [1.807, 2.05) is 21.2 Å². The summed E-state index contributed by atoms with van der Waals surface area (Å²) in [6.07, 6.45) is 0. The van der Waals surface area contributed by atoms with Crippen molar-refractivity contribution < 1.29 is 31.7 Å².